The summed E-state index contributed by atoms with van der Waals surface area (Å²) >= 11 is 6.13. The number of halogens is 2. The zero-order valence-electron chi connectivity index (χ0n) is 17.8. The second-order valence-corrected chi connectivity index (χ2v) is 9.06. The van der Waals surface area contributed by atoms with Gasteiger partial charge in [0.1, 0.15) is 35.2 Å². The van der Waals surface area contributed by atoms with Gasteiger partial charge < -0.3 is 26.0 Å². The maximum Gasteiger partial charge on any atom is 0.267 e. The average molecular weight is 475 g/mol. The largest absolute Gasteiger partial charge is 0.489 e. The van der Waals surface area contributed by atoms with E-state index >= 15 is 0 Å². The topological polar surface area (TPSA) is 122 Å². The summed E-state index contributed by atoms with van der Waals surface area (Å²) in [4.78, 5) is 35.1. The molecule has 0 aliphatic carbocycles. The number of nitrogens with two attached hydrogens (primary N) is 1. The Kier molecular flexibility index (Phi) is 5.69. The number of primary amides is 1. The number of carbonyl (C=O) groups is 2. The number of anilines is 2. The van der Waals surface area contributed by atoms with Crippen molar-refractivity contribution in [1.82, 2.24) is 15.3 Å². The molecule has 11 heteroatoms. The molecule has 2 aromatic rings. The fourth-order valence-electron chi connectivity index (χ4n) is 4.96. The van der Waals surface area contributed by atoms with E-state index in [1.54, 1.807) is 6.07 Å². The third-order valence-electron chi connectivity index (χ3n) is 6.45. The number of hydrogen-bond acceptors (Lipinski definition) is 7. The van der Waals surface area contributed by atoms with E-state index in [-0.39, 0.29) is 34.8 Å². The van der Waals surface area contributed by atoms with E-state index in [1.165, 1.54) is 18.2 Å². The molecule has 4 N–H and O–H groups in total. The van der Waals surface area contributed by atoms with Crippen LogP contribution in [0, 0.1) is 5.82 Å². The second kappa shape index (κ2) is 8.66. The Labute approximate surface area is 194 Å². The maximum absolute atomic E-state index is 13.3. The monoisotopic (exact) mass is 474 g/mol. The fourth-order valence-corrected chi connectivity index (χ4v) is 5.17. The van der Waals surface area contributed by atoms with Crippen LogP contribution >= 0.6 is 11.6 Å². The number of benzene rings is 1. The molecule has 4 heterocycles. The summed E-state index contributed by atoms with van der Waals surface area (Å²) in [5.74, 6) is 0.101. The van der Waals surface area contributed by atoms with E-state index in [0.29, 0.717) is 43.3 Å². The van der Waals surface area contributed by atoms with Crippen LogP contribution in [0.5, 0.6) is 5.75 Å². The Morgan fingerprint density at radius 1 is 1.21 bits per heavy atom. The van der Waals surface area contributed by atoms with Crippen molar-refractivity contribution in [3.8, 4) is 5.75 Å². The molecule has 3 aliphatic heterocycles. The number of piperidine rings is 1. The fraction of sp³-hybridized carbons (Fsp3) is 0.455. The first-order chi connectivity index (χ1) is 15.9. The third kappa shape index (κ3) is 4.39. The lowest BCUT2D eigenvalue weighted by Gasteiger charge is -2.39. The lowest BCUT2D eigenvalue weighted by Crippen LogP contribution is -2.47. The molecule has 3 fully saturated rings. The van der Waals surface area contributed by atoms with Gasteiger partial charge in [-0.25, -0.2) is 9.37 Å². The Morgan fingerprint density at radius 2 is 1.97 bits per heavy atom. The standard InChI is InChI=1S/C22H24ClFN6O3/c23-15-7-11(24)1-4-18(15)33-14-8-12-2-3-13(9-14)30(12)22-28-17(20(25)31)10-19(29-22)27-16-5-6-26-21(16)32/h1,4,7,10,12-14,16H,2-3,5-6,8-9H2,(H2,25,31)(H,26,32)(H,27,28,29). The SMILES string of the molecule is NC(=O)c1cc(NC2CCNC2=O)nc(N2C3CCC2CC(Oc2ccc(F)cc2Cl)C3)n1. The van der Waals surface area contributed by atoms with Crippen LogP contribution in [0.2, 0.25) is 5.02 Å². The van der Waals surface area contributed by atoms with Crippen LogP contribution in [0.1, 0.15) is 42.6 Å². The molecule has 1 aromatic carbocycles. The summed E-state index contributed by atoms with van der Waals surface area (Å²) in [5, 5.41) is 6.11. The van der Waals surface area contributed by atoms with Crippen LogP contribution in [-0.4, -0.2) is 52.6 Å². The number of ether oxygens (including phenoxy) is 1. The summed E-state index contributed by atoms with van der Waals surface area (Å²) in [5.41, 5.74) is 5.61. The maximum atomic E-state index is 13.3. The molecule has 2 bridgehead atoms. The Morgan fingerprint density at radius 3 is 2.61 bits per heavy atom. The molecular formula is C22H24ClFN6O3. The van der Waals surface area contributed by atoms with Gasteiger partial charge in [0, 0.05) is 37.5 Å². The van der Waals surface area contributed by atoms with Gasteiger partial charge in [-0.2, -0.15) is 4.98 Å². The van der Waals surface area contributed by atoms with Crippen LogP contribution in [0.4, 0.5) is 16.2 Å². The highest BCUT2D eigenvalue weighted by molar-refractivity contribution is 6.32. The third-order valence-corrected chi connectivity index (χ3v) is 6.74. The van der Waals surface area contributed by atoms with Gasteiger partial charge in [-0.3, -0.25) is 9.59 Å². The Balaban J connectivity index is 1.36. The highest BCUT2D eigenvalue weighted by atomic mass is 35.5. The molecule has 3 aliphatic rings. The van der Waals surface area contributed by atoms with Crippen LogP contribution in [0.3, 0.4) is 0 Å². The van der Waals surface area contributed by atoms with Gasteiger partial charge in [-0.05, 0) is 37.5 Å². The number of nitrogens with zero attached hydrogens (tertiary/aromatic N) is 3. The molecule has 9 nitrogen and oxygen atoms in total. The van der Waals surface area contributed by atoms with Crippen molar-refractivity contribution in [1.29, 1.82) is 0 Å². The van der Waals surface area contributed by atoms with Crippen molar-refractivity contribution in [2.45, 2.75) is 56.3 Å². The number of nitrogens with one attached hydrogen (secondary N) is 2. The first kappa shape index (κ1) is 21.7. The van der Waals surface area contributed by atoms with Crippen molar-refractivity contribution < 1.29 is 18.7 Å². The van der Waals surface area contributed by atoms with Gasteiger partial charge in [0.05, 0.1) is 5.02 Å². The molecule has 3 saturated heterocycles. The lowest BCUT2D eigenvalue weighted by atomic mass is 10.00. The molecule has 0 radical (unpaired) electrons. The molecule has 3 unspecified atom stereocenters. The molecular weight excluding hydrogens is 451 g/mol. The molecule has 1 aromatic heterocycles. The first-order valence-electron chi connectivity index (χ1n) is 11.0. The van der Waals surface area contributed by atoms with Crippen LogP contribution in [-0.2, 0) is 4.79 Å². The van der Waals surface area contributed by atoms with E-state index in [0.717, 1.165) is 12.8 Å². The van der Waals surface area contributed by atoms with Crippen molar-refractivity contribution in [2.75, 3.05) is 16.8 Å². The van der Waals surface area contributed by atoms with Gasteiger partial charge in [0.15, 0.2) is 0 Å². The molecule has 3 atom stereocenters. The second-order valence-electron chi connectivity index (χ2n) is 8.66. The zero-order valence-corrected chi connectivity index (χ0v) is 18.5. The number of amides is 2. The summed E-state index contributed by atoms with van der Waals surface area (Å²) in [6, 6.07) is 5.40. The summed E-state index contributed by atoms with van der Waals surface area (Å²) in [6.45, 7) is 0.590. The number of hydrogen-bond donors (Lipinski definition) is 3. The predicted octanol–water partition coefficient (Wildman–Crippen LogP) is 2.25. The molecule has 0 spiro atoms. The van der Waals surface area contributed by atoms with Crippen molar-refractivity contribution >= 4 is 35.2 Å². The molecule has 2 amide bonds. The minimum absolute atomic E-state index is 0.0826. The van der Waals surface area contributed by atoms with Crippen LogP contribution in [0.25, 0.3) is 0 Å². The van der Waals surface area contributed by atoms with E-state index < -0.39 is 17.8 Å². The molecule has 174 valence electrons. The first-order valence-corrected chi connectivity index (χ1v) is 11.4. The van der Waals surface area contributed by atoms with Gasteiger partial charge in [-0.1, -0.05) is 11.6 Å². The van der Waals surface area contributed by atoms with Gasteiger partial charge in [-0.15, -0.1) is 0 Å². The zero-order chi connectivity index (χ0) is 23.1. The van der Waals surface area contributed by atoms with Crippen LogP contribution in [0.15, 0.2) is 24.3 Å². The molecule has 0 saturated carbocycles. The smallest absolute Gasteiger partial charge is 0.267 e. The number of fused-ring (bicyclic) bond motifs is 2. The summed E-state index contributed by atoms with van der Waals surface area (Å²) < 4.78 is 19.4. The van der Waals surface area contributed by atoms with E-state index in [2.05, 4.69) is 25.5 Å². The number of aromatic nitrogens is 2. The summed E-state index contributed by atoms with van der Waals surface area (Å²) in [7, 11) is 0. The van der Waals surface area contributed by atoms with Gasteiger partial charge >= 0.3 is 0 Å². The quantitative estimate of drug-likeness (QED) is 0.586. The lowest BCUT2D eigenvalue weighted by molar-refractivity contribution is -0.119. The highest BCUT2D eigenvalue weighted by Gasteiger charge is 2.43. The van der Waals surface area contributed by atoms with Crippen molar-refractivity contribution in [3.05, 3.63) is 40.8 Å². The number of rotatable bonds is 6. The minimum Gasteiger partial charge on any atom is -0.489 e. The number of carbonyl (C=O) groups excluding carboxylic acids is 2. The van der Waals surface area contributed by atoms with E-state index in [4.69, 9.17) is 22.1 Å². The van der Waals surface area contributed by atoms with E-state index in [9.17, 15) is 14.0 Å². The predicted molar refractivity (Wildman–Crippen MR) is 120 cm³/mol. The Hall–Kier alpha value is -3.14. The van der Waals surface area contributed by atoms with Crippen molar-refractivity contribution in [3.63, 3.8) is 0 Å². The summed E-state index contributed by atoms with van der Waals surface area (Å²) in [6.07, 6.45) is 3.83. The van der Waals surface area contributed by atoms with E-state index in [1.807, 2.05) is 0 Å². The molecule has 33 heavy (non-hydrogen) atoms. The van der Waals surface area contributed by atoms with Crippen LogP contribution < -0.4 is 26.0 Å². The Bertz CT molecular complexity index is 1090. The normalized spacial score (nSPS) is 26.2. The molecule has 5 rings (SSSR count). The average Bonchev–Trinajstić information content (AvgIpc) is 3.29. The highest BCUT2D eigenvalue weighted by Crippen LogP contribution is 2.40. The van der Waals surface area contributed by atoms with Gasteiger partial charge in [0.25, 0.3) is 5.91 Å². The van der Waals surface area contributed by atoms with Crippen molar-refractivity contribution in [2.24, 2.45) is 5.73 Å². The minimum atomic E-state index is -0.658. The van der Waals surface area contributed by atoms with Gasteiger partial charge in [0.2, 0.25) is 11.9 Å².